The van der Waals surface area contributed by atoms with Crippen molar-refractivity contribution < 1.29 is 24.2 Å². The lowest BCUT2D eigenvalue weighted by Gasteiger charge is -2.36. The molecule has 1 heterocycles. The number of nitrogens with one attached hydrogen (secondary N) is 1. The standard InChI is InChI=1S/C13H23N3O5/c1-8-5-6-16(7-10(8)21-2)13(20)15-9(12(18)19)3-4-11(14)17/h8-10H,3-7H2,1-2H3,(H2,14,17)(H,15,20)(H,18,19)/t8?,9-,10?/m0/s1. The van der Waals surface area contributed by atoms with Gasteiger partial charge in [0.15, 0.2) is 0 Å². The zero-order valence-corrected chi connectivity index (χ0v) is 12.4. The van der Waals surface area contributed by atoms with Crippen LogP contribution in [0.4, 0.5) is 4.79 Å². The number of primary amides is 1. The molecule has 120 valence electrons. The average molecular weight is 301 g/mol. The maximum atomic E-state index is 12.1. The molecule has 21 heavy (non-hydrogen) atoms. The number of methoxy groups -OCH3 is 1. The predicted molar refractivity (Wildman–Crippen MR) is 74.5 cm³/mol. The van der Waals surface area contributed by atoms with E-state index in [4.69, 9.17) is 15.6 Å². The van der Waals surface area contributed by atoms with Gasteiger partial charge < -0.3 is 25.8 Å². The van der Waals surface area contributed by atoms with Crippen molar-refractivity contribution in [2.75, 3.05) is 20.2 Å². The Balaban J connectivity index is 2.56. The number of rotatable bonds is 6. The van der Waals surface area contributed by atoms with Crippen LogP contribution in [-0.4, -0.2) is 60.3 Å². The molecular weight excluding hydrogens is 278 g/mol. The summed E-state index contributed by atoms with van der Waals surface area (Å²) in [6.45, 7) is 3.02. The molecule has 0 spiro atoms. The highest BCUT2D eigenvalue weighted by Crippen LogP contribution is 2.19. The molecule has 0 bridgehead atoms. The highest BCUT2D eigenvalue weighted by atomic mass is 16.5. The summed E-state index contributed by atoms with van der Waals surface area (Å²) in [5.74, 6) is -1.43. The van der Waals surface area contributed by atoms with Crippen molar-refractivity contribution in [2.24, 2.45) is 11.7 Å². The molecule has 3 atom stereocenters. The second kappa shape index (κ2) is 7.82. The van der Waals surface area contributed by atoms with Crippen molar-refractivity contribution in [1.29, 1.82) is 0 Å². The maximum Gasteiger partial charge on any atom is 0.326 e. The number of carbonyl (C=O) groups is 3. The van der Waals surface area contributed by atoms with Gasteiger partial charge in [-0.3, -0.25) is 4.79 Å². The lowest BCUT2D eigenvalue weighted by atomic mass is 9.96. The normalized spacial score (nSPS) is 23.4. The number of urea groups is 1. The topological polar surface area (TPSA) is 122 Å². The molecule has 0 aromatic heterocycles. The van der Waals surface area contributed by atoms with Crippen molar-refractivity contribution >= 4 is 17.9 Å². The van der Waals surface area contributed by atoms with Crippen LogP contribution in [0.2, 0.25) is 0 Å². The van der Waals surface area contributed by atoms with Crippen molar-refractivity contribution in [3.8, 4) is 0 Å². The fraction of sp³-hybridized carbons (Fsp3) is 0.769. The van der Waals surface area contributed by atoms with E-state index in [1.807, 2.05) is 0 Å². The highest BCUT2D eigenvalue weighted by Gasteiger charge is 2.30. The molecule has 1 aliphatic heterocycles. The van der Waals surface area contributed by atoms with Gasteiger partial charge in [0.1, 0.15) is 6.04 Å². The summed E-state index contributed by atoms with van der Waals surface area (Å²) in [5.41, 5.74) is 4.99. The molecule has 4 N–H and O–H groups in total. The lowest BCUT2D eigenvalue weighted by Crippen LogP contribution is -2.53. The van der Waals surface area contributed by atoms with Crippen LogP contribution in [0.3, 0.4) is 0 Å². The molecule has 0 aromatic carbocycles. The van der Waals surface area contributed by atoms with Crippen LogP contribution in [0, 0.1) is 5.92 Å². The van der Waals surface area contributed by atoms with E-state index in [9.17, 15) is 14.4 Å². The minimum absolute atomic E-state index is 0.0195. The Labute approximate surface area is 123 Å². The average Bonchev–Trinajstić information content (AvgIpc) is 2.43. The van der Waals surface area contributed by atoms with E-state index in [-0.39, 0.29) is 18.9 Å². The summed E-state index contributed by atoms with van der Waals surface area (Å²) in [7, 11) is 1.59. The third-order valence-corrected chi connectivity index (χ3v) is 3.75. The van der Waals surface area contributed by atoms with Gasteiger partial charge in [-0.15, -0.1) is 0 Å². The Hall–Kier alpha value is -1.83. The first-order chi connectivity index (χ1) is 9.85. The number of carboxylic acid groups (broad SMARTS) is 1. The number of carboxylic acids is 1. The Morgan fingerprint density at radius 2 is 2.14 bits per heavy atom. The van der Waals surface area contributed by atoms with E-state index in [1.165, 1.54) is 4.90 Å². The van der Waals surface area contributed by atoms with Crippen LogP contribution in [0.1, 0.15) is 26.2 Å². The number of hydrogen-bond donors (Lipinski definition) is 3. The first-order valence-corrected chi connectivity index (χ1v) is 6.94. The third kappa shape index (κ3) is 5.22. The zero-order valence-electron chi connectivity index (χ0n) is 12.4. The van der Waals surface area contributed by atoms with Gasteiger partial charge in [-0.1, -0.05) is 6.92 Å². The van der Waals surface area contributed by atoms with Crippen LogP contribution < -0.4 is 11.1 Å². The van der Waals surface area contributed by atoms with E-state index in [1.54, 1.807) is 7.11 Å². The fourth-order valence-electron chi connectivity index (χ4n) is 2.31. The van der Waals surface area contributed by atoms with Gasteiger partial charge in [0, 0.05) is 26.6 Å². The van der Waals surface area contributed by atoms with Gasteiger partial charge in [0.05, 0.1) is 6.10 Å². The van der Waals surface area contributed by atoms with Crippen molar-refractivity contribution in [1.82, 2.24) is 10.2 Å². The van der Waals surface area contributed by atoms with Crippen LogP contribution in [0.5, 0.6) is 0 Å². The first-order valence-electron chi connectivity index (χ1n) is 6.94. The Bertz CT molecular complexity index is 401. The van der Waals surface area contributed by atoms with Crippen LogP contribution in [0.15, 0.2) is 0 Å². The van der Waals surface area contributed by atoms with E-state index in [2.05, 4.69) is 12.2 Å². The Morgan fingerprint density at radius 1 is 1.48 bits per heavy atom. The molecule has 0 aromatic rings. The number of ether oxygens (including phenoxy) is 1. The molecule has 1 rings (SSSR count). The molecule has 1 aliphatic rings. The number of likely N-dealkylation sites (tertiary alicyclic amines) is 1. The van der Waals surface area contributed by atoms with Gasteiger partial charge in [-0.2, -0.15) is 0 Å². The second-order valence-corrected chi connectivity index (χ2v) is 5.33. The molecule has 1 saturated heterocycles. The molecule has 2 unspecified atom stereocenters. The summed E-state index contributed by atoms with van der Waals surface area (Å²) < 4.78 is 5.32. The zero-order chi connectivity index (χ0) is 16.0. The summed E-state index contributed by atoms with van der Waals surface area (Å²) in [4.78, 5) is 35.5. The Kier molecular flexibility index (Phi) is 6.41. The van der Waals surface area contributed by atoms with Crippen LogP contribution >= 0.6 is 0 Å². The number of piperidine rings is 1. The third-order valence-electron chi connectivity index (χ3n) is 3.75. The van der Waals surface area contributed by atoms with Crippen LogP contribution in [0.25, 0.3) is 0 Å². The number of carbonyl (C=O) groups excluding carboxylic acids is 2. The van der Waals surface area contributed by atoms with E-state index >= 15 is 0 Å². The molecular formula is C13H23N3O5. The number of hydrogen-bond acceptors (Lipinski definition) is 4. The molecule has 0 aliphatic carbocycles. The molecule has 8 nitrogen and oxygen atoms in total. The summed E-state index contributed by atoms with van der Waals surface area (Å²) in [5, 5.41) is 11.5. The molecule has 1 fully saturated rings. The summed E-state index contributed by atoms with van der Waals surface area (Å²) in [6, 6.07) is -1.58. The van der Waals surface area contributed by atoms with Crippen LogP contribution in [-0.2, 0) is 14.3 Å². The van der Waals surface area contributed by atoms with E-state index in [0.29, 0.717) is 19.0 Å². The molecule has 0 radical (unpaired) electrons. The van der Waals surface area contributed by atoms with Crippen molar-refractivity contribution in [3.05, 3.63) is 0 Å². The fourth-order valence-corrected chi connectivity index (χ4v) is 2.31. The van der Waals surface area contributed by atoms with E-state index < -0.39 is 23.9 Å². The predicted octanol–water partition coefficient (Wildman–Crippen LogP) is -0.228. The number of aliphatic carboxylic acids is 1. The second-order valence-electron chi connectivity index (χ2n) is 5.33. The molecule has 8 heteroatoms. The highest BCUT2D eigenvalue weighted by molar-refractivity contribution is 5.83. The minimum Gasteiger partial charge on any atom is -0.480 e. The maximum absolute atomic E-state index is 12.1. The largest absolute Gasteiger partial charge is 0.480 e. The smallest absolute Gasteiger partial charge is 0.326 e. The quantitative estimate of drug-likeness (QED) is 0.625. The minimum atomic E-state index is -1.18. The van der Waals surface area contributed by atoms with Crippen molar-refractivity contribution in [3.63, 3.8) is 0 Å². The van der Waals surface area contributed by atoms with Gasteiger partial charge in [-0.05, 0) is 18.8 Å². The van der Waals surface area contributed by atoms with E-state index in [0.717, 1.165) is 6.42 Å². The number of amides is 3. The Morgan fingerprint density at radius 3 is 2.67 bits per heavy atom. The summed E-state index contributed by atoms with van der Waals surface area (Å²) in [6.07, 6.45) is 0.632. The lowest BCUT2D eigenvalue weighted by molar-refractivity contribution is -0.139. The molecule has 0 saturated carbocycles. The first kappa shape index (κ1) is 17.2. The van der Waals surface area contributed by atoms with Gasteiger partial charge in [0.2, 0.25) is 5.91 Å². The number of nitrogens with zero attached hydrogens (tertiary/aromatic N) is 1. The molecule has 3 amide bonds. The van der Waals surface area contributed by atoms with Gasteiger partial charge in [0.25, 0.3) is 0 Å². The summed E-state index contributed by atoms with van der Waals surface area (Å²) >= 11 is 0. The SMILES string of the molecule is COC1CN(C(=O)N[C@@H](CCC(N)=O)C(=O)O)CCC1C. The number of nitrogens with two attached hydrogens (primary N) is 1. The monoisotopic (exact) mass is 301 g/mol. The van der Waals surface area contributed by atoms with Gasteiger partial charge >= 0.3 is 12.0 Å². The van der Waals surface area contributed by atoms with Gasteiger partial charge in [-0.25, -0.2) is 9.59 Å². The van der Waals surface area contributed by atoms with Crippen molar-refractivity contribution in [2.45, 2.75) is 38.3 Å².